The van der Waals surface area contributed by atoms with Crippen LogP contribution in [-0.4, -0.2) is 32.9 Å². The summed E-state index contributed by atoms with van der Waals surface area (Å²) in [6.07, 6.45) is 20.0. The molecule has 186 valence electrons. The Morgan fingerprint density at radius 2 is 1.81 bits per heavy atom. The molecule has 5 heteroatoms. The molecule has 1 aliphatic carbocycles. The molecule has 1 rings (SSSR count). The van der Waals surface area contributed by atoms with Gasteiger partial charge in [0.2, 0.25) is 0 Å². The van der Waals surface area contributed by atoms with E-state index in [1.165, 1.54) is 45.6 Å². The Bertz CT molecular complexity index is 594. The summed E-state index contributed by atoms with van der Waals surface area (Å²) in [6.45, 7) is 13.2. The minimum atomic E-state index is -2.03. The Balaban J connectivity index is 2.53. The quantitative estimate of drug-likeness (QED) is 0.0815. The molecule has 0 amide bonds. The summed E-state index contributed by atoms with van der Waals surface area (Å²) < 4.78 is 11.4. The first-order valence-corrected chi connectivity index (χ1v) is 16.1. The SMILES string of the molecule is CCCCCCC=C[C@H]1CCC(Cl)[C@@H]1CC=CCCC(O[Si](C)(C)C(C)(C)C)C(=O)OC. The van der Waals surface area contributed by atoms with Crippen LogP contribution in [0.2, 0.25) is 18.1 Å². The number of esters is 1. The molecule has 1 aliphatic rings. The molecular formula is C27H49ClO3Si. The van der Waals surface area contributed by atoms with Crippen LogP contribution < -0.4 is 0 Å². The van der Waals surface area contributed by atoms with Crippen molar-refractivity contribution in [1.82, 2.24) is 0 Å². The number of rotatable bonds is 14. The van der Waals surface area contributed by atoms with E-state index in [1.54, 1.807) is 0 Å². The molecule has 3 nitrogen and oxygen atoms in total. The van der Waals surface area contributed by atoms with Crippen LogP contribution >= 0.6 is 11.6 Å². The van der Waals surface area contributed by atoms with E-state index >= 15 is 0 Å². The van der Waals surface area contributed by atoms with E-state index in [-0.39, 0.29) is 16.4 Å². The zero-order valence-corrected chi connectivity index (χ0v) is 23.5. The third-order valence-corrected chi connectivity index (χ3v) is 12.3. The Hall–Kier alpha value is -0.583. The fourth-order valence-electron chi connectivity index (χ4n) is 4.08. The maximum atomic E-state index is 12.3. The minimum absolute atomic E-state index is 0.0610. The van der Waals surface area contributed by atoms with Crippen molar-refractivity contribution in [2.75, 3.05) is 7.11 Å². The summed E-state index contributed by atoms with van der Waals surface area (Å²) in [7, 11) is -0.586. The first kappa shape index (κ1) is 29.4. The second kappa shape index (κ2) is 14.6. The zero-order chi connectivity index (χ0) is 24.2. The highest BCUT2D eigenvalue weighted by atomic mass is 35.5. The number of carbonyl (C=O) groups is 1. The van der Waals surface area contributed by atoms with Crippen molar-refractivity contribution in [2.24, 2.45) is 11.8 Å². The highest BCUT2D eigenvalue weighted by molar-refractivity contribution is 6.74. The Kier molecular flexibility index (Phi) is 13.5. The summed E-state index contributed by atoms with van der Waals surface area (Å²) in [5.74, 6) is 0.849. The van der Waals surface area contributed by atoms with Crippen LogP contribution in [0.4, 0.5) is 0 Å². The number of methoxy groups -OCH3 is 1. The Morgan fingerprint density at radius 1 is 1.09 bits per heavy atom. The molecule has 0 bridgehead atoms. The van der Waals surface area contributed by atoms with E-state index in [1.807, 2.05) is 0 Å². The lowest BCUT2D eigenvalue weighted by molar-refractivity contribution is -0.149. The molecule has 1 fully saturated rings. The molecule has 4 atom stereocenters. The van der Waals surface area contributed by atoms with Gasteiger partial charge in [-0.3, -0.25) is 0 Å². The van der Waals surface area contributed by atoms with Gasteiger partial charge in [0.15, 0.2) is 8.32 Å². The number of hydrogen-bond donors (Lipinski definition) is 0. The van der Waals surface area contributed by atoms with Crippen molar-refractivity contribution in [2.45, 2.75) is 122 Å². The van der Waals surface area contributed by atoms with Gasteiger partial charge in [-0.2, -0.15) is 0 Å². The first-order valence-electron chi connectivity index (χ1n) is 12.7. The third kappa shape index (κ3) is 10.1. The van der Waals surface area contributed by atoms with Gasteiger partial charge in [0.1, 0.15) is 6.10 Å². The summed E-state index contributed by atoms with van der Waals surface area (Å²) >= 11 is 6.65. The first-order chi connectivity index (χ1) is 15.0. The summed E-state index contributed by atoms with van der Waals surface area (Å²) in [5.41, 5.74) is 0. The zero-order valence-electron chi connectivity index (χ0n) is 21.8. The van der Waals surface area contributed by atoms with Crippen molar-refractivity contribution in [3.63, 3.8) is 0 Å². The number of unbranched alkanes of at least 4 members (excludes halogenated alkanes) is 4. The molecule has 0 heterocycles. The topological polar surface area (TPSA) is 35.5 Å². The fourth-order valence-corrected chi connectivity index (χ4v) is 5.77. The number of carbonyl (C=O) groups excluding carboxylic acids is 1. The van der Waals surface area contributed by atoms with Crippen LogP contribution in [-0.2, 0) is 14.0 Å². The number of alkyl halides is 1. The van der Waals surface area contributed by atoms with Gasteiger partial charge in [0, 0.05) is 5.38 Å². The lowest BCUT2D eigenvalue weighted by Crippen LogP contribution is -2.46. The van der Waals surface area contributed by atoms with Gasteiger partial charge >= 0.3 is 5.97 Å². The van der Waals surface area contributed by atoms with Crippen LogP contribution in [0.3, 0.4) is 0 Å². The predicted octanol–water partition coefficient (Wildman–Crippen LogP) is 8.44. The smallest absolute Gasteiger partial charge is 0.333 e. The molecule has 0 radical (unpaired) electrons. The number of ether oxygens (including phenoxy) is 1. The number of hydrogen-bond acceptors (Lipinski definition) is 3. The van der Waals surface area contributed by atoms with Gasteiger partial charge in [-0.15, -0.1) is 11.6 Å². The maximum Gasteiger partial charge on any atom is 0.333 e. The highest BCUT2D eigenvalue weighted by Crippen LogP contribution is 2.39. The molecule has 0 aliphatic heterocycles. The monoisotopic (exact) mass is 484 g/mol. The van der Waals surface area contributed by atoms with Crippen LogP contribution in [0.5, 0.6) is 0 Å². The molecule has 0 aromatic carbocycles. The summed E-state index contributed by atoms with van der Waals surface area (Å²) in [4.78, 5) is 12.3. The average molecular weight is 485 g/mol. The lowest BCUT2D eigenvalue weighted by atomic mass is 9.91. The lowest BCUT2D eigenvalue weighted by Gasteiger charge is -2.38. The van der Waals surface area contributed by atoms with E-state index in [4.69, 9.17) is 20.8 Å². The molecule has 32 heavy (non-hydrogen) atoms. The van der Waals surface area contributed by atoms with E-state index in [9.17, 15) is 4.79 Å². The van der Waals surface area contributed by atoms with Crippen LogP contribution in [0.25, 0.3) is 0 Å². The van der Waals surface area contributed by atoms with E-state index in [0.29, 0.717) is 18.3 Å². The van der Waals surface area contributed by atoms with Crippen LogP contribution in [0.15, 0.2) is 24.3 Å². The molecule has 0 aromatic heterocycles. The van der Waals surface area contributed by atoms with Gasteiger partial charge in [-0.05, 0) is 74.9 Å². The fraction of sp³-hybridized carbons (Fsp3) is 0.815. The van der Waals surface area contributed by atoms with Crippen molar-refractivity contribution in [1.29, 1.82) is 0 Å². The van der Waals surface area contributed by atoms with Crippen molar-refractivity contribution in [3.05, 3.63) is 24.3 Å². The van der Waals surface area contributed by atoms with Crippen molar-refractivity contribution >= 4 is 25.9 Å². The van der Waals surface area contributed by atoms with Crippen molar-refractivity contribution in [3.8, 4) is 0 Å². The van der Waals surface area contributed by atoms with E-state index < -0.39 is 14.4 Å². The third-order valence-electron chi connectivity index (χ3n) is 7.28. The van der Waals surface area contributed by atoms with Crippen molar-refractivity contribution < 1.29 is 14.0 Å². The summed E-state index contributed by atoms with van der Waals surface area (Å²) in [5, 5.41) is 0.324. The molecule has 1 saturated carbocycles. The largest absolute Gasteiger partial charge is 0.467 e. The Morgan fingerprint density at radius 3 is 2.44 bits per heavy atom. The second-order valence-corrected chi connectivity index (χ2v) is 16.2. The molecule has 0 spiro atoms. The summed E-state index contributed by atoms with van der Waals surface area (Å²) in [6, 6.07) is 0. The normalized spacial score (nSPS) is 23.3. The molecule has 2 unspecified atom stereocenters. The van der Waals surface area contributed by atoms with Gasteiger partial charge in [-0.25, -0.2) is 4.79 Å². The molecule has 0 aromatic rings. The van der Waals surface area contributed by atoms with E-state index in [0.717, 1.165) is 19.3 Å². The van der Waals surface area contributed by atoms with Gasteiger partial charge in [0.05, 0.1) is 7.11 Å². The Labute approximate surface area is 204 Å². The number of halogens is 1. The van der Waals surface area contributed by atoms with Crippen LogP contribution in [0, 0.1) is 11.8 Å². The van der Waals surface area contributed by atoms with Gasteiger partial charge < -0.3 is 9.16 Å². The minimum Gasteiger partial charge on any atom is -0.467 e. The molecule has 0 N–H and O–H groups in total. The number of allylic oxidation sites excluding steroid dienone is 4. The van der Waals surface area contributed by atoms with Crippen LogP contribution in [0.1, 0.15) is 91.9 Å². The second-order valence-electron chi connectivity index (χ2n) is 10.9. The molecule has 0 saturated heterocycles. The average Bonchev–Trinajstić information content (AvgIpc) is 3.07. The van der Waals surface area contributed by atoms with E-state index in [2.05, 4.69) is 65.1 Å². The standard InChI is InChI=1S/C27H49ClO3Si/c1-8-9-10-11-12-14-17-22-20-21-24(28)23(22)18-15-13-16-19-25(26(29)30-5)31-32(6,7)27(2,3)4/h13-15,17,22-25H,8-12,16,18-21H2,1-7H3/t22-,23+,24?,25?/m0/s1. The maximum absolute atomic E-state index is 12.3. The van der Waals surface area contributed by atoms with Gasteiger partial charge in [0.25, 0.3) is 0 Å². The molecular weight excluding hydrogens is 436 g/mol. The predicted molar refractivity (Wildman–Crippen MR) is 141 cm³/mol. The highest BCUT2D eigenvalue weighted by Gasteiger charge is 2.40. The van der Waals surface area contributed by atoms with Gasteiger partial charge in [-0.1, -0.05) is 71.3 Å².